The molecule has 2 atom stereocenters. The van der Waals surface area contributed by atoms with Crippen molar-refractivity contribution in [1.29, 1.82) is 0 Å². The fourth-order valence-corrected chi connectivity index (χ4v) is 4.60. The zero-order valence-electron chi connectivity index (χ0n) is 22.7. The fourth-order valence-electron chi connectivity index (χ4n) is 4.60. The highest BCUT2D eigenvalue weighted by molar-refractivity contribution is 5.96. The molecule has 1 aliphatic rings. The van der Waals surface area contributed by atoms with Gasteiger partial charge in [0.05, 0.1) is 24.9 Å². The number of methoxy groups -OCH3 is 1. The van der Waals surface area contributed by atoms with E-state index in [-0.39, 0.29) is 50.2 Å². The second-order valence-electron chi connectivity index (χ2n) is 10.4. The van der Waals surface area contributed by atoms with Gasteiger partial charge in [0, 0.05) is 23.1 Å². The molecule has 4 N–H and O–H groups in total. The third kappa shape index (κ3) is 5.75. The molecule has 0 bridgehead atoms. The highest BCUT2D eigenvalue weighted by Gasteiger charge is 2.43. The molecule has 2 aromatic carbocycles. The Hall–Kier alpha value is -3.53. The van der Waals surface area contributed by atoms with E-state index in [0.717, 1.165) is 5.56 Å². The smallest absolute Gasteiger partial charge is 0.163 e. The molecule has 9 heteroatoms. The van der Waals surface area contributed by atoms with Crippen molar-refractivity contribution < 1.29 is 33.6 Å². The predicted molar refractivity (Wildman–Crippen MR) is 145 cm³/mol. The summed E-state index contributed by atoms with van der Waals surface area (Å²) < 4.78 is 30.4. The Morgan fingerprint density at radius 2 is 1.92 bits per heavy atom. The van der Waals surface area contributed by atoms with Crippen molar-refractivity contribution in [3.8, 4) is 28.5 Å². The highest BCUT2D eigenvalue weighted by Crippen LogP contribution is 2.46. The second-order valence-corrected chi connectivity index (χ2v) is 10.4. The normalized spacial score (nSPS) is 17.9. The zero-order chi connectivity index (χ0) is 28.4. The Bertz CT molecular complexity index is 1340. The lowest BCUT2D eigenvalue weighted by atomic mass is 9.80. The molecule has 1 aliphatic heterocycles. The predicted octanol–water partition coefficient (Wildman–Crippen LogP) is 4.34. The maximum Gasteiger partial charge on any atom is 0.163 e. The van der Waals surface area contributed by atoms with E-state index in [9.17, 15) is 14.3 Å². The van der Waals surface area contributed by atoms with Crippen molar-refractivity contribution in [3.63, 3.8) is 0 Å². The number of aromatic nitrogens is 1. The number of rotatable bonds is 11. The molecule has 0 fully saturated rings. The summed E-state index contributed by atoms with van der Waals surface area (Å²) in [5.41, 5.74) is 7.06. The summed E-state index contributed by atoms with van der Waals surface area (Å²) in [5.74, 6) is 0.769. The molecule has 0 spiro atoms. The van der Waals surface area contributed by atoms with Gasteiger partial charge in [-0.1, -0.05) is 13.8 Å². The van der Waals surface area contributed by atoms with Crippen molar-refractivity contribution in [2.45, 2.75) is 44.8 Å². The van der Waals surface area contributed by atoms with Crippen LogP contribution in [0.4, 0.5) is 4.39 Å². The molecule has 2 heterocycles. The summed E-state index contributed by atoms with van der Waals surface area (Å²) in [6.45, 7) is 5.82. The SMILES string of the molecule is COc1cc(C(=O)CCC(C)(O)c2cc3c(c(-c4ccc(F)cc4)n2)OCC3(N)C(C)C)ccc1OCCO. The standard InChI is InChI=1S/C30H35FN2O6/c1-18(2)30(32)17-39-28-22(30)16-26(33-27(28)19-5-8-21(31)9-6-19)29(3,36)12-11-23(35)20-7-10-24(38-14-13-34)25(15-20)37-4/h5-10,15-16,18,34,36H,11-14,17,32H2,1-4H3. The molecule has 0 radical (unpaired) electrons. The molecular weight excluding hydrogens is 503 g/mol. The molecule has 2 unspecified atom stereocenters. The van der Waals surface area contributed by atoms with E-state index < -0.39 is 11.1 Å². The second kappa shape index (κ2) is 11.3. The minimum Gasteiger partial charge on any atom is -0.493 e. The molecule has 39 heavy (non-hydrogen) atoms. The number of benzene rings is 2. The van der Waals surface area contributed by atoms with Crippen LogP contribution in [0.2, 0.25) is 0 Å². The minimum atomic E-state index is -1.48. The number of ketones is 1. The van der Waals surface area contributed by atoms with Crippen molar-refractivity contribution in [3.05, 3.63) is 71.2 Å². The highest BCUT2D eigenvalue weighted by atomic mass is 19.1. The Kier molecular flexibility index (Phi) is 8.25. The molecule has 3 aromatic rings. The largest absolute Gasteiger partial charge is 0.493 e. The maximum atomic E-state index is 13.6. The Morgan fingerprint density at radius 1 is 1.21 bits per heavy atom. The van der Waals surface area contributed by atoms with Crippen LogP contribution in [0.15, 0.2) is 48.5 Å². The fraction of sp³-hybridized carbons (Fsp3) is 0.400. The quantitative estimate of drug-likeness (QED) is 0.308. The van der Waals surface area contributed by atoms with E-state index in [1.165, 1.54) is 19.2 Å². The third-order valence-electron chi connectivity index (χ3n) is 7.30. The summed E-state index contributed by atoms with van der Waals surface area (Å²) in [4.78, 5) is 17.8. The molecule has 0 amide bonds. The number of halogens is 1. The van der Waals surface area contributed by atoms with Gasteiger partial charge in [0.15, 0.2) is 23.0 Å². The van der Waals surface area contributed by atoms with E-state index in [1.807, 2.05) is 13.8 Å². The molecule has 0 aliphatic carbocycles. The average Bonchev–Trinajstić information content (AvgIpc) is 3.28. The van der Waals surface area contributed by atoms with Crippen molar-refractivity contribution >= 4 is 5.78 Å². The number of carbonyl (C=O) groups is 1. The maximum absolute atomic E-state index is 13.6. The number of ether oxygens (including phenoxy) is 3. The van der Waals surface area contributed by atoms with Crippen LogP contribution < -0.4 is 19.9 Å². The first-order valence-corrected chi connectivity index (χ1v) is 12.9. The van der Waals surface area contributed by atoms with E-state index in [2.05, 4.69) is 0 Å². The van der Waals surface area contributed by atoms with Crippen LogP contribution in [0, 0.1) is 11.7 Å². The van der Waals surface area contributed by atoms with Gasteiger partial charge >= 0.3 is 0 Å². The zero-order valence-corrected chi connectivity index (χ0v) is 22.7. The molecule has 0 saturated heterocycles. The Balaban J connectivity index is 1.64. The third-order valence-corrected chi connectivity index (χ3v) is 7.30. The van der Waals surface area contributed by atoms with Crippen LogP contribution in [0.3, 0.4) is 0 Å². The van der Waals surface area contributed by atoms with Gasteiger partial charge in [-0.3, -0.25) is 4.79 Å². The lowest BCUT2D eigenvalue weighted by molar-refractivity contribution is 0.0396. The van der Waals surface area contributed by atoms with Crippen LogP contribution in [0.1, 0.15) is 55.2 Å². The topological polar surface area (TPSA) is 124 Å². The number of hydrogen-bond donors (Lipinski definition) is 3. The first-order chi connectivity index (χ1) is 18.5. The summed E-state index contributed by atoms with van der Waals surface area (Å²) >= 11 is 0. The summed E-state index contributed by atoms with van der Waals surface area (Å²) in [5, 5.41) is 20.6. The van der Waals surface area contributed by atoms with Gasteiger partial charge in [-0.15, -0.1) is 0 Å². The summed E-state index contributed by atoms with van der Waals surface area (Å²) in [7, 11) is 1.47. The van der Waals surface area contributed by atoms with E-state index in [4.69, 9.17) is 30.0 Å². The average molecular weight is 539 g/mol. The van der Waals surface area contributed by atoms with Gasteiger partial charge in [-0.05, 0) is 67.8 Å². The lowest BCUT2D eigenvalue weighted by Gasteiger charge is -2.29. The van der Waals surface area contributed by atoms with Crippen molar-refractivity contribution in [2.24, 2.45) is 11.7 Å². The molecule has 0 saturated carbocycles. The molecule has 8 nitrogen and oxygen atoms in total. The number of aliphatic hydroxyl groups excluding tert-OH is 1. The molecule has 208 valence electrons. The first-order valence-electron chi connectivity index (χ1n) is 12.9. The van der Waals surface area contributed by atoms with Gasteiger partial charge < -0.3 is 30.2 Å². The van der Waals surface area contributed by atoms with Crippen LogP contribution in [-0.4, -0.2) is 47.9 Å². The monoisotopic (exact) mass is 538 g/mol. The number of hydrogen-bond acceptors (Lipinski definition) is 8. The van der Waals surface area contributed by atoms with Crippen molar-refractivity contribution in [2.75, 3.05) is 26.9 Å². The number of nitrogens with zero attached hydrogens (tertiary/aromatic N) is 1. The lowest BCUT2D eigenvalue weighted by Crippen LogP contribution is -2.43. The number of nitrogens with two attached hydrogens (primary N) is 1. The van der Waals surface area contributed by atoms with Gasteiger partial charge in [0.25, 0.3) is 0 Å². The van der Waals surface area contributed by atoms with Gasteiger partial charge in [-0.2, -0.15) is 0 Å². The van der Waals surface area contributed by atoms with Crippen LogP contribution in [-0.2, 0) is 11.1 Å². The number of Topliss-reactive ketones (excluding diaryl/α,β-unsaturated/α-hetero) is 1. The molecular formula is C30H35FN2O6. The van der Waals surface area contributed by atoms with Crippen LogP contribution in [0.5, 0.6) is 17.2 Å². The van der Waals surface area contributed by atoms with E-state index in [1.54, 1.807) is 43.3 Å². The molecule has 4 rings (SSSR count). The Labute approximate surface area is 227 Å². The van der Waals surface area contributed by atoms with Gasteiger partial charge in [-0.25, -0.2) is 9.37 Å². The van der Waals surface area contributed by atoms with E-state index in [0.29, 0.717) is 39.8 Å². The van der Waals surface area contributed by atoms with Crippen LogP contribution >= 0.6 is 0 Å². The van der Waals surface area contributed by atoms with Crippen molar-refractivity contribution in [1.82, 2.24) is 4.98 Å². The summed E-state index contributed by atoms with van der Waals surface area (Å²) in [6, 6.07) is 12.5. The Morgan fingerprint density at radius 3 is 2.56 bits per heavy atom. The van der Waals surface area contributed by atoms with Gasteiger partial charge in [0.2, 0.25) is 0 Å². The minimum absolute atomic E-state index is 0.0286. The molecule has 1 aromatic heterocycles. The number of fused-ring (bicyclic) bond motifs is 1. The number of carbonyl (C=O) groups excluding carboxylic acids is 1. The van der Waals surface area contributed by atoms with Gasteiger partial charge in [0.1, 0.15) is 30.3 Å². The van der Waals surface area contributed by atoms with E-state index >= 15 is 0 Å². The number of aliphatic hydroxyl groups is 2. The first kappa shape index (κ1) is 28.5. The summed E-state index contributed by atoms with van der Waals surface area (Å²) in [6.07, 6.45) is 0.123. The number of pyridine rings is 1. The van der Waals surface area contributed by atoms with Crippen LogP contribution in [0.25, 0.3) is 11.3 Å².